The highest BCUT2D eigenvalue weighted by Crippen LogP contribution is 2.23. The molecule has 2 aromatic rings. The van der Waals surface area contributed by atoms with E-state index in [9.17, 15) is 9.59 Å². The molecule has 2 rings (SSSR count). The second-order valence-corrected chi connectivity index (χ2v) is 5.63. The zero-order valence-electron chi connectivity index (χ0n) is 14.2. The lowest BCUT2D eigenvalue weighted by Crippen LogP contribution is -2.26. The van der Waals surface area contributed by atoms with Crippen molar-refractivity contribution in [1.82, 2.24) is 10.3 Å². The first-order chi connectivity index (χ1) is 11.6. The monoisotopic (exact) mass is 328 g/mol. The van der Waals surface area contributed by atoms with Crippen molar-refractivity contribution in [3.8, 4) is 0 Å². The Kier molecular flexibility index (Phi) is 6.54. The van der Waals surface area contributed by atoms with Crippen LogP contribution in [-0.2, 0) is 9.59 Å². The van der Waals surface area contributed by atoms with Crippen LogP contribution in [0.4, 0.5) is 11.5 Å². The molecule has 2 amide bonds. The number of amides is 2. The lowest BCUT2D eigenvalue weighted by atomic mass is 10.1. The van der Waals surface area contributed by atoms with Crippen molar-refractivity contribution >= 4 is 34.2 Å². The van der Waals surface area contributed by atoms with Gasteiger partial charge in [-0.1, -0.05) is 19.4 Å². The van der Waals surface area contributed by atoms with Gasteiger partial charge in [0, 0.05) is 31.8 Å². The number of nitrogens with zero attached hydrogens (tertiary/aromatic N) is 1. The number of benzene rings is 1. The van der Waals surface area contributed by atoms with Crippen LogP contribution in [0.2, 0.25) is 0 Å². The van der Waals surface area contributed by atoms with Gasteiger partial charge in [0.25, 0.3) is 0 Å². The van der Waals surface area contributed by atoms with E-state index in [0.29, 0.717) is 19.5 Å². The molecule has 0 aliphatic rings. The third kappa shape index (κ3) is 5.22. The van der Waals surface area contributed by atoms with Gasteiger partial charge in [-0.25, -0.2) is 4.98 Å². The Morgan fingerprint density at radius 1 is 1.12 bits per heavy atom. The van der Waals surface area contributed by atoms with E-state index >= 15 is 0 Å². The fourth-order valence-electron chi connectivity index (χ4n) is 2.34. The molecule has 0 bridgehead atoms. The Morgan fingerprint density at radius 3 is 2.71 bits per heavy atom. The van der Waals surface area contributed by atoms with E-state index in [0.717, 1.165) is 35.2 Å². The molecular formula is C18H24N4O2. The van der Waals surface area contributed by atoms with Crippen LogP contribution in [0.5, 0.6) is 0 Å². The van der Waals surface area contributed by atoms with Crippen LogP contribution in [0.3, 0.4) is 0 Å². The van der Waals surface area contributed by atoms with Crippen LogP contribution in [0.15, 0.2) is 30.3 Å². The van der Waals surface area contributed by atoms with Gasteiger partial charge >= 0.3 is 0 Å². The second kappa shape index (κ2) is 8.86. The number of anilines is 2. The molecule has 1 aromatic heterocycles. The van der Waals surface area contributed by atoms with Crippen LogP contribution in [0, 0.1) is 0 Å². The van der Waals surface area contributed by atoms with Crippen molar-refractivity contribution in [2.45, 2.75) is 33.1 Å². The van der Waals surface area contributed by atoms with Gasteiger partial charge in [0.05, 0.1) is 11.2 Å². The molecule has 0 radical (unpaired) electrons. The predicted molar refractivity (Wildman–Crippen MR) is 97.1 cm³/mol. The second-order valence-electron chi connectivity index (χ2n) is 5.63. The highest BCUT2D eigenvalue weighted by Gasteiger charge is 2.07. The summed E-state index contributed by atoms with van der Waals surface area (Å²) in [4.78, 5) is 27.3. The molecule has 1 heterocycles. The molecule has 128 valence electrons. The van der Waals surface area contributed by atoms with E-state index in [1.54, 1.807) is 0 Å². The number of rotatable bonds is 8. The molecule has 0 aliphatic carbocycles. The zero-order valence-corrected chi connectivity index (χ0v) is 14.2. The molecule has 3 N–H and O–H groups in total. The van der Waals surface area contributed by atoms with Gasteiger partial charge < -0.3 is 16.0 Å². The first kappa shape index (κ1) is 17.7. The van der Waals surface area contributed by atoms with Crippen molar-refractivity contribution in [2.75, 3.05) is 23.7 Å². The third-order valence-electron chi connectivity index (χ3n) is 3.57. The molecule has 0 saturated heterocycles. The molecule has 6 nitrogen and oxygen atoms in total. The van der Waals surface area contributed by atoms with Gasteiger partial charge in [0.15, 0.2) is 0 Å². The van der Waals surface area contributed by atoms with Crippen molar-refractivity contribution in [3.05, 3.63) is 30.3 Å². The third-order valence-corrected chi connectivity index (χ3v) is 3.57. The highest BCUT2D eigenvalue weighted by molar-refractivity contribution is 6.01. The Labute approximate surface area is 142 Å². The Bertz CT molecular complexity index is 715. The number of nitrogens with one attached hydrogen (secondary N) is 3. The summed E-state index contributed by atoms with van der Waals surface area (Å²) in [6.07, 6.45) is 2.42. The van der Waals surface area contributed by atoms with Gasteiger partial charge in [-0.05, 0) is 30.7 Å². The zero-order chi connectivity index (χ0) is 17.4. The minimum atomic E-state index is -0.0493. The highest BCUT2D eigenvalue weighted by atomic mass is 16.2. The quantitative estimate of drug-likeness (QED) is 0.651. The normalized spacial score (nSPS) is 10.4. The van der Waals surface area contributed by atoms with E-state index in [1.807, 2.05) is 30.3 Å². The summed E-state index contributed by atoms with van der Waals surface area (Å²) in [5.41, 5.74) is 1.60. The summed E-state index contributed by atoms with van der Waals surface area (Å²) < 4.78 is 0. The van der Waals surface area contributed by atoms with E-state index in [2.05, 4.69) is 27.9 Å². The number of hydrogen-bond acceptors (Lipinski definition) is 4. The largest absolute Gasteiger partial charge is 0.368 e. The fourth-order valence-corrected chi connectivity index (χ4v) is 2.34. The molecule has 1 aromatic carbocycles. The lowest BCUT2D eigenvalue weighted by molar-refractivity contribution is -0.119. The minimum Gasteiger partial charge on any atom is -0.368 e. The molecule has 6 heteroatoms. The summed E-state index contributed by atoms with van der Waals surface area (Å²) in [5.74, 6) is 0.718. The molecule has 24 heavy (non-hydrogen) atoms. The Morgan fingerprint density at radius 2 is 1.96 bits per heavy atom. The first-order valence-electron chi connectivity index (χ1n) is 8.28. The summed E-state index contributed by atoms with van der Waals surface area (Å²) in [7, 11) is 0. The van der Waals surface area contributed by atoms with E-state index in [4.69, 9.17) is 0 Å². The number of carbonyl (C=O) groups excluding carboxylic acids is 2. The number of aromatic nitrogens is 1. The van der Waals surface area contributed by atoms with E-state index in [1.165, 1.54) is 6.92 Å². The summed E-state index contributed by atoms with van der Waals surface area (Å²) in [5, 5.41) is 9.76. The minimum absolute atomic E-state index is 0.0295. The van der Waals surface area contributed by atoms with Gasteiger partial charge in [0.1, 0.15) is 5.82 Å². The molecule has 0 unspecified atom stereocenters. The maximum Gasteiger partial charge on any atom is 0.224 e. The number of pyridine rings is 1. The lowest BCUT2D eigenvalue weighted by Gasteiger charge is -2.10. The van der Waals surface area contributed by atoms with Crippen LogP contribution in [0.25, 0.3) is 10.9 Å². The van der Waals surface area contributed by atoms with E-state index < -0.39 is 0 Å². The van der Waals surface area contributed by atoms with Crippen molar-refractivity contribution in [1.29, 1.82) is 0 Å². The van der Waals surface area contributed by atoms with Crippen molar-refractivity contribution in [2.24, 2.45) is 0 Å². The average Bonchev–Trinajstić information content (AvgIpc) is 2.57. The molecular weight excluding hydrogens is 304 g/mol. The van der Waals surface area contributed by atoms with Crippen molar-refractivity contribution < 1.29 is 9.59 Å². The maximum absolute atomic E-state index is 11.9. The van der Waals surface area contributed by atoms with Gasteiger partial charge in [0.2, 0.25) is 11.8 Å². The number of fused-ring (bicyclic) bond motifs is 1. The Balaban J connectivity index is 2.05. The van der Waals surface area contributed by atoms with Crippen LogP contribution < -0.4 is 16.0 Å². The average molecular weight is 328 g/mol. The standard InChI is InChI=1S/C18H24N4O2/c1-3-4-8-18(24)22-16-7-5-6-15-14(16)9-10-17(21-15)20-12-11-19-13(2)23/h5-7,9-10H,3-4,8,11-12H2,1-2H3,(H,19,23)(H,20,21)(H,22,24). The number of carbonyl (C=O) groups is 2. The van der Waals surface area contributed by atoms with Gasteiger partial charge in [-0.15, -0.1) is 0 Å². The van der Waals surface area contributed by atoms with Gasteiger partial charge in [-0.2, -0.15) is 0 Å². The number of unbranched alkanes of at least 4 members (excludes halogenated alkanes) is 1. The summed E-state index contributed by atoms with van der Waals surface area (Å²) in [6.45, 7) is 4.70. The van der Waals surface area contributed by atoms with Crippen LogP contribution in [-0.4, -0.2) is 29.9 Å². The molecule has 0 atom stereocenters. The smallest absolute Gasteiger partial charge is 0.224 e. The molecule has 0 fully saturated rings. The van der Waals surface area contributed by atoms with E-state index in [-0.39, 0.29) is 11.8 Å². The summed E-state index contributed by atoms with van der Waals surface area (Å²) >= 11 is 0. The van der Waals surface area contributed by atoms with Crippen LogP contribution in [0.1, 0.15) is 33.1 Å². The topological polar surface area (TPSA) is 83.1 Å². The first-order valence-corrected chi connectivity index (χ1v) is 8.28. The molecule has 0 saturated carbocycles. The SMILES string of the molecule is CCCCC(=O)Nc1cccc2nc(NCCNC(C)=O)ccc12. The van der Waals surface area contributed by atoms with Gasteiger partial charge in [-0.3, -0.25) is 9.59 Å². The maximum atomic E-state index is 11.9. The predicted octanol–water partition coefficient (Wildman–Crippen LogP) is 2.91. The summed E-state index contributed by atoms with van der Waals surface area (Å²) in [6, 6.07) is 9.50. The molecule has 0 spiro atoms. The fraction of sp³-hybridized carbons (Fsp3) is 0.389. The number of hydrogen-bond donors (Lipinski definition) is 3. The Hall–Kier alpha value is -2.63. The van der Waals surface area contributed by atoms with Crippen LogP contribution >= 0.6 is 0 Å². The van der Waals surface area contributed by atoms with Crippen molar-refractivity contribution in [3.63, 3.8) is 0 Å². The molecule has 0 aliphatic heterocycles.